The Kier molecular flexibility index (Phi) is 15.7. The van der Waals surface area contributed by atoms with Crippen LogP contribution in [-0.2, 0) is 18.8 Å². The summed E-state index contributed by atoms with van der Waals surface area (Å²) in [6, 6.07) is 6.95. The summed E-state index contributed by atoms with van der Waals surface area (Å²) in [4.78, 5) is 48.7. The predicted octanol–water partition coefficient (Wildman–Crippen LogP) is 7.24. The van der Waals surface area contributed by atoms with Gasteiger partial charge in [-0.3, -0.25) is 19.0 Å². The van der Waals surface area contributed by atoms with Gasteiger partial charge in [-0.1, -0.05) is 25.7 Å². The summed E-state index contributed by atoms with van der Waals surface area (Å²) in [5.74, 6) is -3.38. The molecule has 0 unspecified atom stereocenters. The highest BCUT2D eigenvalue weighted by Gasteiger charge is 2.31. The zero-order valence-corrected chi connectivity index (χ0v) is 42.4. The summed E-state index contributed by atoms with van der Waals surface area (Å²) in [6.45, 7) is 5.32. The first-order valence-corrected chi connectivity index (χ1v) is 23.9. The van der Waals surface area contributed by atoms with Gasteiger partial charge in [0.15, 0.2) is 46.5 Å². The number of aryl methyl sites for hydroxylation is 2. The molecule has 392 valence electrons. The van der Waals surface area contributed by atoms with Gasteiger partial charge in [0.2, 0.25) is 0 Å². The highest BCUT2D eigenvalue weighted by atomic mass is 19.1. The van der Waals surface area contributed by atoms with Crippen molar-refractivity contribution < 1.29 is 36.7 Å². The van der Waals surface area contributed by atoms with Gasteiger partial charge in [-0.2, -0.15) is 10.2 Å². The zero-order valence-electron chi connectivity index (χ0n) is 42.4. The maximum Gasteiger partial charge on any atom is 0.407 e. The molecule has 0 aliphatic heterocycles. The minimum Gasteiger partial charge on any atom is -0.444 e. The highest BCUT2D eigenvalue weighted by molar-refractivity contribution is 6.01. The molecule has 0 radical (unpaired) electrons. The Labute approximate surface area is 419 Å². The molecule has 4 heterocycles. The molecule has 0 bridgehead atoms. The lowest BCUT2D eigenvalue weighted by molar-refractivity contribution is 0.0488. The minimum absolute atomic E-state index is 0.0184. The Hall–Kier alpha value is -7.63. The van der Waals surface area contributed by atoms with Gasteiger partial charge in [-0.25, -0.2) is 32.3 Å². The molecule has 8 rings (SSSR count). The molecule has 73 heavy (non-hydrogen) atoms. The Morgan fingerprint density at radius 1 is 0.616 bits per heavy atom. The Balaban J connectivity index is 0.000000218. The predicted molar refractivity (Wildman–Crippen MR) is 275 cm³/mol. The minimum atomic E-state index is -0.903. The van der Waals surface area contributed by atoms with E-state index in [0.29, 0.717) is 52.0 Å². The summed E-state index contributed by atoms with van der Waals surface area (Å²) in [6.07, 6.45) is 6.15. The topological polar surface area (TPSA) is 267 Å². The van der Waals surface area contributed by atoms with Crippen LogP contribution in [0, 0.1) is 23.3 Å². The van der Waals surface area contributed by atoms with E-state index >= 15 is 8.78 Å². The number of nitrogens with two attached hydrogens (primary N) is 3. The van der Waals surface area contributed by atoms with Gasteiger partial charge < -0.3 is 58.3 Å². The van der Waals surface area contributed by atoms with Crippen molar-refractivity contribution in [3.63, 3.8) is 0 Å². The van der Waals surface area contributed by atoms with Crippen molar-refractivity contribution in [1.82, 2.24) is 34.8 Å². The van der Waals surface area contributed by atoms with Crippen LogP contribution in [0.2, 0.25) is 0 Å². The number of anilines is 8. The number of carbonyl (C=O) groups excluding carboxylic acids is 3. The molecule has 20 nitrogen and oxygen atoms in total. The standard InChI is InChI=1S/C27H36F2N8O3.C22H28F2N8O/c1-27(2,3)40-26(39)33-20-10-8-7-9-19(20)32-24-18(29)13-16(22(30)38)23(34-24)31-14-11-15-21(17(28)12-14)37(6)35-25(15)36(4)5;1-31(2)22-12-8-11(9-14(23)18(12)32(3)30-22)27-20-13(19(26)33)10-15(24)21(29-20)28-17-7-5-4-6-16(17)25/h11-13,19-20H,7-10H2,1-6H3,(H2,30,38)(H,33,39)(H2,31,32,34);8-10,16-17H,4-7,25H2,1-3H3,(H2,26,33)(H2,27,28,29)/t19-,20+;16-,17+/m10/s1. The number of primary amides is 2. The molecule has 11 N–H and O–H groups in total. The number of aromatic nitrogens is 6. The second kappa shape index (κ2) is 21.6. The summed E-state index contributed by atoms with van der Waals surface area (Å²) in [5, 5.41) is 24.7. The average Bonchev–Trinajstić information content (AvgIpc) is 3.83. The molecule has 2 saturated carbocycles. The number of carbonyl (C=O) groups is 3. The zero-order chi connectivity index (χ0) is 53.2. The summed E-state index contributed by atoms with van der Waals surface area (Å²) in [5.41, 5.74) is 17.4. The molecular weight excluding hydrogens is 953 g/mol. The van der Waals surface area contributed by atoms with Crippen LogP contribution in [0.3, 0.4) is 0 Å². The van der Waals surface area contributed by atoms with Crippen molar-refractivity contribution in [3.8, 4) is 0 Å². The molecular formula is C49H64F4N16O4. The van der Waals surface area contributed by atoms with Gasteiger partial charge in [0.25, 0.3) is 11.8 Å². The largest absolute Gasteiger partial charge is 0.444 e. The number of benzene rings is 2. The second-order valence-electron chi connectivity index (χ2n) is 19.8. The van der Waals surface area contributed by atoms with E-state index < -0.39 is 46.8 Å². The highest BCUT2D eigenvalue weighted by Crippen LogP contribution is 2.35. The van der Waals surface area contributed by atoms with Gasteiger partial charge in [-0.05, 0) is 82.9 Å². The van der Waals surface area contributed by atoms with E-state index in [0.717, 1.165) is 50.7 Å². The van der Waals surface area contributed by atoms with E-state index in [1.807, 2.05) is 0 Å². The average molecular weight is 1020 g/mol. The van der Waals surface area contributed by atoms with E-state index in [1.165, 1.54) is 21.5 Å². The van der Waals surface area contributed by atoms with Gasteiger partial charge in [0.1, 0.15) is 28.3 Å². The molecule has 2 fully saturated rings. The molecule has 4 atom stereocenters. The number of nitrogens with one attached hydrogen (secondary N) is 5. The Morgan fingerprint density at radius 2 is 1.03 bits per heavy atom. The van der Waals surface area contributed by atoms with E-state index in [2.05, 4.69) is 46.7 Å². The normalized spacial score (nSPS) is 17.8. The van der Waals surface area contributed by atoms with Crippen LogP contribution >= 0.6 is 0 Å². The molecule has 3 amide bonds. The fourth-order valence-electron chi connectivity index (χ4n) is 9.14. The van der Waals surface area contributed by atoms with Crippen LogP contribution in [0.15, 0.2) is 36.4 Å². The number of amides is 3. The number of rotatable bonds is 13. The van der Waals surface area contributed by atoms with Crippen molar-refractivity contribution in [1.29, 1.82) is 0 Å². The third-order valence-electron chi connectivity index (χ3n) is 12.5. The number of pyridine rings is 2. The summed E-state index contributed by atoms with van der Waals surface area (Å²) >= 11 is 0. The van der Waals surface area contributed by atoms with E-state index in [-0.39, 0.29) is 64.3 Å². The molecule has 0 saturated heterocycles. The van der Waals surface area contributed by atoms with Crippen LogP contribution in [0.1, 0.15) is 92.9 Å². The molecule has 4 aromatic heterocycles. The maximum absolute atomic E-state index is 15.2. The number of fused-ring (bicyclic) bond motifs is 2. The van der Waals surface area contributed by atoms with E-state index in [4.69, 9.17) is 21.9 Å². The van der Waals surface area contributed by atoms with Crippen LogP contribution in [0.25, 0.3) is 21.8 Å². The smallest absolute Gasteiger partial charge is 0.407 e. The lowest BCUT2D eigenvalue weighted by Crippen LogP contribution is -2.50. The fourth-order valence-corrected chi connectivity index (χ4v) is 9.14. The van der Waals surface area contributed by atoms with Crippen LogP contribution in [0.4, 0.5) is 68.6 Å². The summed E-state index contributed by atoms with van der Waals surface area (Å²) < 4.78 is 68.2. The fraction of sp³-hybridized carbons (Fsp3) is 0.449. The Morgan fingerprint density at radius 3 is 1.44 bits per heavy atom. The third-order valence-corrected chi connectivity index (χ3v) is 12.5. The summed E-state index contributed by atoms with van der Waals surface area (Å²) in [7, 11) is 10.5. The van der Waals surface area contributed by atoms with E-state index in [1.54, 1.807) is 85.0 Å². The monoisotopic (exact) mass is 1020 g/mol. The quantitative estimate of drug-likeness (QED) is 0.0530. The van der Waals surface area contributed by atoms with Gasteiger partial charge >= 0.3 is 6.09 Å². The Bertz CT molecular complexity index is 3040. The molecule has 0 spiro atoms. The van der Waals surface area contributed by atoms with Gasteiger partial charge in [0.05, 0.1) is 17.2 Å². The van der Waals surface area contributed by atoms with Crippen LogP contribution < -0.4 is 53.6 Å². The van der Waals surface area contributed by atoms with Crippen LogP contribution in [0.5, 0.6) is 0 Å². The van der Waals surface area contributed by atoms with Gasteiger partial charge in [-0.15, -0.1) is 0 Å². The number of alkyl carbamates (subject to hydrolysis) is 1. The van der Waals surface area contributed by atoms with Crippen molar-refractivity contribution in [2.45, 2.75) is 102 Å². The molecule has 6 aromatic rings. The van der Waals surface area contributed by atoms with Crippen molar-refractivity contribution in [2.75, 3.05) is 59.3 Å². The number of nitrogens with zero attached hydrogens (tertiary/aromatic N) is 8. The molecule has 2 aliphatic rings. The lowest BCUT2D eigenvalue weighted by atomic mass is 9.90. The first-order valence-electron chi connectivity index (χ1n) is 23.9. The van der Waals surface area contributed by atoms with E-state index in [9.17, 15) is 23.2 Å². The van der Waals surface area contributed by atoms with Gasteiger partial charge in [0, 0.05) is 82.6 Å². The number of hydrogen-bond donors (Lipinski definition) is 8. The first-order chi connectivity index (χ1) is 34.4. The van der Waals surface area contributed by atoms with Crippen LogP contribution in [-0.4, -0.2) is 105 Å². The molecule has 2 aromatic carbocycles. The van der Waals surface area contributed by atoms with Crippen molar-refractivity contribution in [2.24, 2.45) is 31.3 Å². The maximum atomic E-state index is 15.2. The van der Waals surface area contributed by atoms with Crippen molar-refractivity contribution >= 4 is 86.0 Å². The second-order valence-corrected chi connectivity index (χ2v) is 19.8. The molecule has 24 heteroatoms. The lowest BCUT2D eigenvalue weighted by Gasteiger charge is -2.34. The number of hydrogen-bond acceptors (Lipinski definition) is 15. The number of halogens is 4. The SMILES string of the molecule is CN(C)c1nn(C)c2c(F)cc(Nc3nc(N[C@@H]4CCCC[C@@H]4N)c(F)cc3C(N)=O)cc12.CN(C)c1nn(C)c2c(F)cc(Nc3nc(N[C@@H]4CCCC[C@@H]4NC(=O)OC(C)(C)C)c(F)cc3C(N)=O)cc12. The third kappa shape index (κ3) is 12.2. The first kappa shape index (κ1) is 53.2. The van der Waals surface area contributed by atoms with Crippen molar-refractivity contribution in [3.05, 3.63) is 70.8 Å². The molecule has 2 aliphatic carbocycles. The number of ether oxygens (including phenoxy) is 1.